The van der Waals surface area contributed by atoms with E-state index in [1.54, 1.807) is 0 Å². The van der Waals surface area contributed by atoms with Crippen LogP contribution in [0.3, 0.4) is 0 Å². The Bertz CT molecular complexity index is 906. The van der Waals surface area contributed by atoms with Gasteiger partial charge in [-0.05, 0) is 43.0 Å². The van der Waals surface area contributed by atoms with E-state index < -0.39 is 0 Å². The zero-order chi connectivity index (χ0) is 17.9. The zero-order valence-electron chi connectivity index (χ0n) is 15.7. The minimum Gasteiger partial charge on any atom is -0.356 e. The molecule has 1 aliphatic heterocycles. The Labute approximate surface area is 155 Å². The zero-order valence-corrected chi connectivity index (χ0v) is 15.7. The summed E-state index contributed by atoms with van der Waals surface area (Å²) >= 11 is 0. The van der Waals surface area contributed by atoms with Crippen molar-refractivity contribution in [3.8, 4) is 0 Å². The van der Waals surface area contributed by atoms with Crippen molar-refractivity contribution in [2.75, 3.05) is 29.4 Å². The number of hydrogen-bond acceptors (Lipinski definition) is 4. The molecule has 0 N–H and O–H groups in total. The predicted octanol–water partition coefficient (Wildman–Crippen LogP) is 4.43. The number of hydrogen-bond donors (Lipinski definition) is 0. The number of aromatic nitrogens is 2. The lowest BCUT2D eigenvalue weighted by Gasteiger charge is -2.30. The van der Waals surface area contributed by atoms with Crippen molar-refractivity contribution in [1.29, 1.82) is 0 Å². The summed E-state index contributed by atoms with van der Waals surface area (Å²) in [5, 5.41) is 1.14. The van der Waals surface area contributed by atoms with E-state index in [0.29, 0.717) is 0 Å². The Morgan fingerprint density at radius 3 is 2.54 bits per heavy atom. The molecule has 4 nitrogen and oxygen atoms in total. The van der Waals surface area contributed by atoms with Crippen LogP contribution in [0, 0.1) is 0 Å². The molecular weight excluding hydrogens is 320 g/mol. The molecule has 26 heavy (non-hydrogen) atoms. The fraction of sp³-hybridized carbons (Fsp3) is 0.364. The standard InChI is InChI=1S/C22H26N4/c1-3-14-25(4-2)21-19-11-7-8-12-20(19)23-22(24-21)26-15-13-17-9-5-6-10-18(17)16-26/h5-12H,3-4,13-16H2,1-2H3. The monoisotopic (exact) mass is 346 g/mol. The van der Waals surface area contributed by atoms with Crippen molar-refractivity contribution >= 4 is 22.7 Å². The first-order valence-electron chi connectivity index (χ1n) is 9.63. The summed E-state index contributed by atoms with van der Waals surface area (Å²) in [6, 6.07) is 17.1. The van der Waals surface area contributed by atoms with Crippen molar-refractivity contribution in [1.82, 2.24) is 9.97 Å². The molecule has 2 aromatic carbocycles. The molecule has 4 heteroatoms. The maximum absolute atomic E-state index is 5.03. The third-order valence-corrected chi connectivity index (χ3v) is 5.16. The van der Waals surface area contributed by atoms with Gasteiger partial charge in [-0.25, -0.2) is 4.98 Å². The van der Waals surface area contributed by atoms with E-state index in [2.05, 4.69) is 72.2 Å². The first kappa shape index (κ1) is 16.8. The fourth-order valence-electron chi connectivity index (χ4n) is 3.78. The van der Waals surface area contributed by atoms with Crippen molar-refractivity contribution in [3.05, 3.63) is 59.7 Å². The van der Waals surface area contributed by atoms with Crippen LogP contribution in [0.5, 0.6) is 0 Å². The summed E-state index contributed by atoms with van der Waals surface area (Å²) in [4.78, 5) is 14.6. The predicted molar refractivity (Wildman–Crippen MR) is 109 cm³/mol. The lowest BCUT2D eigenvalue weighted by Crippen LogP contribution is -2.33. The molecule has 1 aromatic heterocycles. The van der Waals surface area contributed by atoms with Crippen molar-refractivity contribution in [2.24, 2.45) is 0 Å². The van der Waals surface area contributed by atoms with Crippen LogP contribution >= 0.6 is 0 Å². The summed E-state index contributed by atoms with van der Waals surface area (Å²) < 4.78 is 0. The molecule has 0 atom stereocenters. The number of fused-ring (bicyclic) bond motifs is 2. The number of nitrogens with zero attached hydrogens (tertiary/aromatic N) is 4. The maximum Gasteiger partial charge on any atom is 0.228 e. The third kappa shape index (κ3) is 3.12. The van der Waals surface area contributed by atoms with Gasteiger partial charge in [-0.1, -0.05) is 43.3 Å². The van der Waals surface area contributed by atoms with Crippen LogP contribution in [0.1, 0.15) is 31.4 Å². The molecule has 0 spiro atoms. The van der Waals surface area contributed by atoms with Crippen LogP contribution in [0.4, 0.5) is 11.8 Å². The van der Waals surface area contributed by atoms with E-state index in [9.17, 15) is 0 Å². The van der Waals surface area contributed by atoms with Crippen molar-refractivity contribution < 1.29 is 0 Å². The van der Waals surface area contributed by atoms with Gasteiger partial charge in [0.05, 0.1) is 5.52 Å². The van der Waals surface area contributed by atoms with Gasteiger partial charge >= 0.3 is 0 Å². The number of para-hydroxylation sites is 1. The fourth-order valence-corrected chi connectivity index (χ4v) is 3.78. The van der Waals surface area contributed by atoms with Crippen molar-refractivity contribution in [2.45, 2.75) is 33.2 Å². The van der Waals surface area contributed by atoms with E-state index in [1.807, 2.05) is 0 Å². The molecule has 134 valence electrons. The largest absolute Gasteiger partial charge is 0.356 e. The SMILES string of the molecule is CCCN(CC)c1nc(N2CCc3ccccc3C2)nc2ccccc12. The molecule has 3 aromatic rings. The topological polar surface area (TPSA) is 32.3 Å². The highest BCUT2D eigenvalue weighted by Gasteiger charge is 2.21. The number of anilines is 2. The molecule has 0 bridgehead atoms. The Morgan fingerprint density at radius 1 is 0.962 bits per heavy atom. The van der Waals surface area contributed by atoms with Gasteiger partial charge in [-0.2, -0.15) is 4.98 Å². The Morgan fingerprint density at radius 2 is 1.73 bits per heavy atom. The Hall–Kier alpha value is -2.62. The molecule has 0 aliphatic carbocycles. The molecular formula is C22H26N4. The van der Waals surface area contributed by atoms with Gasteiger partial charge in [-0.3, -0.25) is 0 Å². The van der Waals surface area contributed by atoms with Gasteiger partial charge in [0.25, 0.3) is 0 Å². The molecule has 0 saturated heterocycles. The summed E-state index contributed by atoms with van der Waals surface area (Å²) in [5.74, 6) is 1.91. The van der Waals surface area contributed by atoms with Crippen LogP contribution in [-0.2, 0) is 13.0 Å². The highest BCUT2D eigenvalue weighted by molar-refractivity contribution is 5.90. The average molecular weight is 346 g/mol. The Balaban J connectivity index is 1.76. The van der Waals surface area contributed by atoms with E-state index >= 15 is 0 Å². The maximum atomic E-state index is 5.03. The van der Waals surface area contributed by atoms with Crippen LogP contribution in [0.25, 0.3) is 10.9 Å². The summed E-state index contributed by atoms with van der Waals surface area (Å²) in [5.41, 5.74) is 3.87. The number of rotatable bonds is 5. The highest BCUT2D eigenvalue weighted by atomic mass is 15.3. The van der Waals surface area contributed by atoms with Crippen molar-refractivity contribution in [3.63, 3.8) is 0 Å². The van der Waals surface area contributed by atoms with Crippen LogP contribution < -0.4 is 9.80 Å². The first-order valence-corrected chi connectivity index (χ1v) is 9.63. The summed E-state index contributed by atoms with van der Waals surface area (Å²) in [6.07, 6.45) is 2.16. The lowest BCUT2D eigenvalue weighted by molar-refractivity contribution is 0.705. The molecule has 2 heterocycles. The average Bonchev–Trinajstić information content (AvgIpc) is 2.71. The molecule has 4 rings (SSSR count). The second kappa shape index (κ2) is 7.32. The minimum atomic E-state index is 0.850. The van der Waals surface area contributed by atoms with E-state index in [0.717, 1.165) is 61.7 Å². The Kier molecular flexibility index (Phi) is 4.74. The van der Waals surface area contributed by atoms with Gasteiger partial charge in [0.2, 0.25) is 5.95 Å². The van der Waals surface area contributed by atoms with Crippen LogP contribution in [0.2, 0.25) is 0 Å². The summed E-state index contributed by atoms with van der Waals surface area (Å²) in [7, 11) is 0. The van der Waals surface area contributed by atoms with Gasteiger partial charge < -0.3 is 9.80 Å². The van der Waals surface area contributed by atoms with Gasteiger partial charge in [-0.15, -0.1) is 0 Å². The second-order valence-corrected chi connectivity index (χ2v) is 6.88. The molecule has 0 saturated carbocycles. The van der Waals surface area contributed by atoms with E-state index in [1.165, 1.54) is 11.1 Å². The smallest absolute Gasteiger partial charge is 0.228 e. The molecule has 0 fully saturated rings. The van der Waals surface area contributed by atoms with E-state index in [-0.39, 0.29) is 0 Å². The van der Waals surface area contributed by atoms with E-state index in [4.69, 9.17) is 9.97 Å². The van der Waals surface area contributed by atoms with Gasteiger partial charge in [0.1, 0.15) is 5.82 Å². The first-order chi connectivity index (χ1) is 12.8. The second-order valence-electron chi connectivity index (χ2n) is 6.88. The molecule has 0 amide bonds. The normalized spacial score (nSPS) is 13.7. The molecule has 0 unspecified atom stereocenters. The number of benzene rings is 2. The highest BCUT2D eigenvalue weighted by Crippen LogP contribution is 2.29. The van der Waals surface area contributed by atoms with Gasteiger partial charge in [0.15, 0.2) is 0 Å². The van der Waals surface area contributed by atoms with Crippen LogP contribution in [0.15, 0.2) is 48.5 Å². The lowest BCUT2D eigenvalue weighted by atomic mass is 10.0. The van der Waals surface area contributed by atoms with Crippen LogP contribution in [-0.4, -0.2) is 29.6 Å². The van der Waals surface area contributed by atoms with Gasteiger partial charge in [0, 0.05) is 31.6 Å². The summed E-state index contributed by atoms with van der Waals surface area (Å²) in [6.45, 7) is 8.23. The third-order valence-electron chi connectivity index (χ3n) is 5.16. The molecule has 0 radical (unpaired) electrons. The minimum absolute atomic E-state index is 0.850. The quantitative estimate of drug-likeness (QED) is 0.684. The molecule has 1 aliphatic rings.